The molecule has 18 heteroatoms. The molecule has 372 valence electrons. The summed E-state index contributed by atoms with van der Waals surface area (Å²) in [4.78, 5) is 14.6. The summed E-state index contributed by atoms with van der Waals surface area (Å²) in [6, 6.07) is 0. The third-order valence-electron chi connectivity index (χ3n) is 18.5. The first-order chi connectivity index (χ1) is 30.5. The number of carbonyl (C=O) groups excluding carboxylic acids is 1. The fraction of sp³-hybridized carbons (Fsp3) is 0.936. The molecule has 11 N–H and O–H groups in total. The molecule has 3 heterocycles. The topological polar surface area (TPSA) is 295 Å². The van der Waals surface area contributed by atoms with E-state index < -0.39 is 135 Å². The first kappa shape index (κ1) is 50.0. The van der Waals surface area contributed by atoms with E-state index in [0.29, 0.717) is 25.2 Å². The number of rotatable bonds is 9. The second-order valence-electron chi connectivity index (χ2n) is 22.9. The molecule has 0 bridgehead atoms. The van der Waals surface area contributed by atoms with Crippen LogP contribution in [0.4, 0.5) is 0 Å². The maximum atomic E-state index is 14.6. The van der Waals surface area contributed by atoms with Gasteiger partial charge in [0.25, 0.3) is 0 Å². The van der Waals surface area contributed by atoms with Gasteiger partial charge in [-0.25, -0.2) is 0 Å². The molecule has 18 nitrogen and oxygen atoms in total. The molecule has 0 aromatic rings. The van der Waals surface area contributed by atoms with E-state index in [-0.39, 0.29) is 34.0 Å². The van der Waals surface area contributed by atoms with Gasteiger partial charge in [0.05, 0.1) is 31.3 Å². The van der Waals surface area contributed by atoms with Crippen molar-refractivity contribution in [1.29, 1.82) is 0 Å². The lowest BCUT2D eigenvalue weighted by Crippen LogP contribution is -2.66. The van der Waals surface area contributed by atoms with Crippen LogP contribution in [0.15, 0.2) is 11.6 Å². The van der Waals surface area contributed by atoms with Gasteiger partial charge >= 0.3 is 5.97 Å². The van der Waals surface area contributed by atoms with Gasteiger partial charge in [-0.2, -0.15) is 0 Å². The van der Waals surface area contributed by atoms with Gasteiger partial charge in [-0.15, -0.1) is 0 Å². The fourth-order valence-corrected chi connectivity index (χ4v) is 14.7. The summed E-state index contributed by atoms with van der Waals surface area (Å²) in [6.45, 7) is 11.7. The fourth-order valence-electron chi connectivity index (χ4n) is 14.7. The molecule has 0 aromatic heterocycles. The number of carbonyl (C=O) groups is 1. The largest absolute Gasteiger partial charge is 0.432 e. The van der Waals surface area contributed by atoms with Crippen molar-refractivity contribution in [2.24, 2.45) is 50.7 Å². The minimum atomic E-state index is -1.79. The number of aliphatic hydroxyl groups is 11. The van der Waals surface area contributed by atoms with E-state index in [1.165, 1.54) is 5.57 Å². The molecule has 8 aliphatic rings. The normalized spacial score (nSPS) is 52.8. The molecule has 0 unspecified atom stereocenters. The van der Waals surface area contributed by atoms with Crippen molar-refractivity contribution < 1.29 is 89.4 Å². The Morgan fingerprint density at radius 3 is 1.75 bits per heavy atom. The van der Waals surface area contributed by atoms with Gasteiger partial charge in [-0.1, -0.05) is 53.2 Å². The van der Waals surface area contributed by atoms with Crippen LogP contribution in [-0.4, -0.2) is 180 Å². The molecule has 7 fully saturated rings. The van der Waals surface area contributed by atoms with Crippen LogP contribution in [0, 0.1) is 50.7 Å². The molecule has 65 heavy (non-hydrogen) atoms. The summed E-state index contributed by atoms with van der Waals surface area (Å²) in [7, 11) is 0. The van der Waals surface area contributed by atoms with Crippen molar-refractivity contribution in [3.63, 3.8) is 0 Å². The number of aliphatic hydroxyl groups excluding tert-OH is 11. The van der Waals surface area contributed by atoms with Crippen LogP contribution in [0.5, 0.6) is 0 Å². The SMILES string of the molecule is CC1(C)CC[C@]2(C(=O)O[C@@H]3O[C@H](CO)[C@@H](O)[C@H](O)[C@H]3O)CC[C@@H]3C(=CC[C@H]4[C@@]3(C)CC[C@H]3C(C)(C)[C@@H](O[C@@H]5O[C@H](CO)[C@@H](O)[C@H](O[C@@H]6O[C@H](CO)[C@H](O)[C@H](O)[C@H]6O)[C@H]5O)CC[C@]43C)[C@@H]2C1. The summed E-state index contributed by atoms with van der Waals surface area (Å²) < 4.78 is 35.6. The quantitative estimate of drug-likeness (QED) is 0.0808. The van der Waals surface area contributed by atoms with E-state index in [0.717, 1.165) is 44.9 Å². The third kappa shape index (κ3) is 8.18. The van der Waals surface area contributed by atoms with Gasteiger partial charge in [0.15, 0.2) is 12.6 Å². The minimum absolute atomic E-state index is 0.0406. The summed E-state index contributed by atoms with van der Waals surface area (Å²) >= 11 is 0. The molecule has 23 atom stereocenters. The second-order valence-corrected chi connectivity index (χ2v) is 22.9. The standard InChI is InChI=1S/C47H76O18/c1-43(2)15-16-47(42(59)65-40-36(57)34(55)31(52)25(19-49)61-40)14-9-22-21(23(47)17-43)7-8-28-45(22,5)12-10-27-44(3,4)29(11-13-46(27,28)6)63-41-37(58)38(32(53)26(20-50)62-41)64-39-35(56)33(54)30(51)24(18-48)60-39/h7,22-41,48-58H,8-20H2,1-6H3/t22-,23+,24-,25-,26-,27+,28+,29+,30+,31-,32-,33+,34+,35-,36-,37-,38+,39+,40+,41+,45+,46+,47-/m1/s1. The molecule has 3 aliphatic heterocycles. The average Bonchev–Trinajstić information content (AvgIpc) is 3.26. The Labute approximate surface area is 380 Å². The predicted molar refractivity (Wildman–Crippen MR) is 226 cm³/mol. The van der Waals surface area contributed by atoms with E-state index in [1.54, 1.807) is 0 Å². The zero-order chi connectivity index (χ0) is 47.3. The van der Waals surface area contributed by atoms with E-state index in [2.05, 4.69) is 47.6 Å². The van der Waals surface area contributed by atoms with Crippen molar-refractivity contribution in [2.45, 2.75) is 204 Å². The van der Waals surface area contributed by atoms with Crippen molar-refractivity contribution in [3.05, 3.63) is 11.6 Å². The Kier molecular flexibility index (Phi) is 13.9. The number of hydrogen-bond donors (Lipinski definition) is 11. The summed E-state index contributed by atoms with van der Waals surface area (Å²) in [6.07, 6.45) is -13.5. The van der Waals surface area contributed by atoms with Crippen molar-refractivity contribution in [3.8, 4) is 0 Å². The Bertz CT molecular complexity index is 1740. The first-order valence-electron chi connectivity index (χ1n) is 23.9. The molecule has 0 aromatic carbocycles. The van der Waals surface area contributed by atoms with Gasteiger partial charge in [0.1, 0.15) is 73.2 Å². The van der Waals surface area contributed by atoms with E-state index in [9.17, 15) is 61.0 Å². The van der Waals surface area contributed by atoms with Crippen LogP contribution in [0.3, 0.4) is 0 Å². The molecule has 0 radical (unpaired) electrons. The summed E-state index contributed by atoms with van der Waals surface area (Å²) in [5.74, 6) is 0.116. The smallest absolute Gasteiger partial charge is 0.315 e. The van der Waals surface area contributed by atoms with Gasteiger partial charge < -0.3 is 84.6 Å². The lowest BCUT2D eigenvalue weighted by molar-refractivity contribution is -0.369. The van der Waals surface area contributed by atoms with E-state index in [4.69, 9.17) is 28.4 Å². The Morgan fingerprint density at radius 1 is 0.585 bits per heavy atom. The molecular weight excluding hydrogens is 852 g/mol. The zero-order valence-electron chi connectivity index (χ0n) is 38.6. The average molecular weight is 929 g/mol. The molecule has 3 saturated heterocycles. The van der Waals surface area contributed by atoms with Gasteiger partial charge in [0.2, 0.25) is 6.29 Å². The maximum absolute atomic E-state index is 14.6. The van der Waals surface area contributed by atoms with Crippen LogP contribution in [0.25, 0.3) is 0 Å². The number of hydrogen-bond acceptors (Lipinski definition) is 18. The maximum Gasteiger partial charge on any atom is 0.315 e. The number of fused-ring (bicyclic) bond motifs is 7. The summed E-state index contributed by atoms with van der Waals surface area (Å²) in [5, 5.41) is 115. The minimum Gasteiger partial charge on any atom is -0.432 e. The van der Waals surface area contributed by atoms with Crippen LogP contribution < -0.4 is 0 Å². The number of ether oxygens (including phenoxy) is 6. The monoisotopic (exact) mass is 929 g/mol. The molecule has 5 aliphatic carbocycles. The highest BCUT2D eigenvalue weighted by Gasteiger charge is 2.67. The number of allylic oxidation sites excluding steroid dienone is 2. The van der Waals surface area contributed by atoms with Crippen LogP contribution in [0.2, 0.25) is 0 Å². The van der Waals surface area contributed by atoms with Crippen LogP contribution in [0.1, 0.15) is 106 Å². The zero-order valence-corrected chi connectivity index (χ0v) is 38.6. The highest BCUT2D eigenvalue weighted by Crippen LogP contribution is 2.72. The van der Waals surface area contributed by atoms with Crippen LogP contribution >= 0.6 is 0 Å². The Balaban J connectivity index is 1.00. The van der Waals surface area contributed by atoms with Gasteiger partial charge in [0, 0.05) is 0 Å². The Morgan fingerprint density at radius 2 is 1.14 bits per heavy atom. The highest BCUT2D eigenvalue weighted by atomic mass is 16.7. The van der Waals surface area contributed by atoms with Crippen molar-refractivity contribution in [2.75, 3.05) is 19.8 Å². The van der Waals surface area contributed by atoms with E-state index in [1.807, 2.05) is 0 Å². The molecule has 0 amide bonds. The van der Waals surface area contributed by atoms with Gasteiger partial charge in [-0.05, 0) is 110 Å². The van der Waals surface area contributed by atoms with Gasteiger partial charge in [-0.3, -0.25) is 4.79 Å². The summed E-state index contributed by atoms with van der Waals surface area (Å²) in [5.41, 5.74) is -0.253. The Hall–Kier alpha value is -1.43. The molecule has 8 rings (SSSR count). The lowest BCUT2D eigenvalue weighted by atomic mass is 9.37. The lowest BCUT2D eigenvalue weighted by Gasteiger charge is -2.68. The van der Waals surface area contributed by atoms with Crippen molar-refractivity contribution >= 4 is 5.97 Å². The number of esters is 1. The molecule has 0 spiro atoms. The first-order valence-corrected chi connectivity index (χ1v) is 23.9. The molecular formula is C47H76O18. The van der Waals surface area contributed by atoms with Crippen LogP contribution in [-0.2, 0) is 33.2 Å². The van der Waals surface area contributed by atoms with E-state index >= 15 is 0 Å². The highest BCUT2D eigenvalue weighted by molar-refractivity contribution is 5.79. The third-order valence-corrected chi connectivity index (χ3v) is 18.5. The second kappa shape index (κ2) is 18.1. The van der Waals surface area contributed by atoms with Crippen molar-refractivity contribution in [1.82, 2.24) is 0 Å². The molecule has 4 saturated carbocycles. The predicted octanol–water partition coefficient (Wildman–Crippen LogP) is -0.250.